The standard InChI is InChI=1S/C12H22N4OS/c17-5-1-4-16-10-12(14-15-16)9-13-8-11-2-6-18-7-3-11/h10-11,13,17H,1-9H2. The number of rotatable bonds is 7. The second-order valence-corrected chi connectivity index (χ2v) is 5.96. The van der Waals surface area contributed by atoms with E-state index in [0.29, 0.717) is 0 Å². The van der Waals surface area contributed by atoms with E-state index in [1.807, 2.05) is 6.20 Å². The molecule has 0 unspecified atom stereocenters. The minimum atomic E-state index is 0.202. The zero-order valence-corrected chi connectivity index (χ0v) is 11.5. The average Bonchev–Trinajstić information content (AvgIpc) is 2.85. The summed E-state index contributed by atoms with van der Waals surface area (Å²) >= 11 is 2.07. The van der Waals surface area contributed by atoms with E-state index >= 15 is 0 Å². The molecule has 1 saturated heterocycles. The first-order chi connectivity index (χ1) is 8.88. The molecule has 18 heavy (non-hydrogen) atoms. The molecule has 5 nitrogen and oxygen atoms in total. The summed E-state index contributed by atoms with van der Waals surface area (Å²) in [6.45, 7) is 2.82. The van der Waals surface area contributed by atoms with Crippen LogP contribution >= 0.6 is 11.8 Å². The summed E-state index contributed by atoms with van der Waals surface area (Å²) < 4.78 is 1.80. The molecule has 0 bridgehead atoms. The maximum Gasteiger partial charge on any atom is 0.0964 e. The van der Waals surface area contributed by atoms with Crippen LogP contribution < -0.4 is 5.32 Å². The summed E-state index contributed by atoms with van der Waals surface area (Å²) in [4.78, 5) is 0. The van der Waals surface area contributed by atoms with Crippen molar-refractivity contribution in [2.45, 2.75) is 32.4 Å². The number of aliphatic hydroxyl groups is 1. The third-order valence-corrected chi connectivity index (χ3v) is 4.26. The zero-order chi connectivity index (χ0) is 12.6. The Morgan fingerprint density at radius 3 is 3.06 bits per heavy atom. The van der Waals surface area contributed by atoms with Crippen LogP contribution in [0.5, 0.6) is 0 Å². The number of hydrogen-bond donors (Lipinski definition) is 2. The fraction of sp³-hybridized carbons (Fsp3) is 0.833. The van der Waals surface area contributed by atoms with Crippen LogP contribution in [0.1, 0.15) is 25.0 Å². The molecule has 0 radical (unpaired) electrons. The average molecular weight is 270 g/mol. The summed E-state index contributed by atoms with van der Waals surface area (Å²) in [5.41, 5.74) is 0.984. The number of hydrogen-bond acceptors (Lipinski definition) is 5. The minimum absolute atomic E-state index is 0.202. The Labute approximate surface area is 112 Å². The van der Waals surface area contributed by atoms with Crippen LogP contribution in [0.15, 0.2) is 6.20 Å². The number of aromatic nitrogens is 3. The zero-order valence-electron chi connectivity index (χ0n) is 10.7. The van der Waals surface area contributed by atoms with Crippen LogP contribution in [0.3, 0.4) is 0 Å². The van der Waals surface area contributed by atoms with Crippen LogP contribution in [-0.2, 0) is 13.1 Å². The van der Waals surface area contributed by atoms with Gasteiger partial charge in [-0.3, -0.25) is 4.68 Å². The summed E-state index contributed by atoms with van der Waals surface area (Å²) in [6.07, 6.45) is 5.36. The van der Waals surface area contributed by atoms with Gasteiger partial charge >= 0.3 is 0 Å². The number of thioether (sulfide) groups is 1. The Morgan fingerprint density at radius 2 is 2.28 bits per heavy atom. The molecule has 2 rings (SSSR count). The molecule has 0 atom stereocenters. The van der Waals surface area contributed by atoms with Crippen molar-refractivity contribution in [2.24, 2.45) is 5.92 Å². The monoisotopic (exact) mass is 270 g/mol. The summed E-state index contributed by atoms with van der Waals surface area (Å²) in [7, 11) is 0. The summed E-state index contributed by atoms with van der Waals surface area (Å²) in [5.74, 6) is 3.45. The third-order valence-electron chi connectivity index (χ3n) is 3.21. The highest BCUT2D eigenvalue weighted by Crippen LogP contribution is 2.21. The molecule has 1 aromatic rings. The first kappa shape index (κ1) is 13.8. The van der Waals surface area contributed by atoms with Gasteiger partial charge in [-0.05, 0) is 43.2 Å². The largest absolute Gasteiger partial charge is 0.396 e. The van der Waals surface area contributed by atoms with Gasteiger partial charge in [0.05, 0.1) is 5.69 Å². The highest BCUT2D eigenvalue weighted by molar-refractivity contribution is 7.99. The fourth-order valence-corrected chi connectivity index (χ4v) is 3.32. The molecule has 0 aromatic carbocycles. The van der Waals surface area contributed by atoms with Crippen LogP contribution in [0.25, 0.3) is 0 Å². The molecular formula is C12H22N4OS. The molecule has 2 heterocycles. The van der Waals surface area contributed by atoms with Crippen molar-refractivity contribution in [3.8, 4) is 0 Å². The van der Waals surface area contributed by atoms with Crippen molar-refractivity contribution in [1.82, 2.24) is 20.3 Å². The van der Waals surface area contributed by atoms with Gasteiger partial charge in [-0.25, -0.2) is 0 Å². The van der Waals surface area contributed by atoms with Crippen LogP contribution in [-0.4, -0.2) is 44.8 Å². The van der Waals surface area contributed by atoms with Gasteiger partial charge in [0.25, 0.3) is 0 Å². The van der Waals surface area contributed by atoms with E-state index < -0.39 is 0 Å². The lowest BCUT2D eigenvalue weighted by atomic mass is 10.0. The Hall–Kier alpha value is -0.590. The molecule has 1 fully saturated rings. The molecule has 1 aliphatic heterocycles. The Kier molecular flexibility index (Phi) is 5.96. The predicted molar refractivity (Wildman–Crippen MR) is 73.5 cm³/mol. The van der Waals surface area contributed by atoms with Crippen LogP contribution in [0, 0.1) is 5.92 Å². The van der Waals surface area contributed by atoms with Gasteiger partial charge in [0.1, 0.15) is 0 Å². The van der Waals surface area contributed by atoms with Gasteiger partial charge in [-0.1, -0.05) is 5.21 Å². The molecular weight excluding hydrogens is 248 g/mol. The van der Waals surface area contributed by atoms with Crippen molar-refractivity contribution in [1.29, 1.82) is 0 Å². The van der Waals surface area contributed by atoms with Crippen molar-refractivity contribution in [3.05, 3.63) is 11.9 Å². The van der Waals surface area contributed by atoms with Gasteiger partial charge in [-0.2, -0.15) is 11.8 Å². The number of aryl methyl sites for hydroxylation is 1. The van der Waals surface area contributed by atoms with E-state index in [1.54, 1.807) is 4.68 Å². The number of aliphatic hydroxyl groups excluding tert-OH is 1. The van der Waals surface area contributed by atoms with E-state index in [1.165, 1.54) is 24.3 Å². The first-order valence-corrected chi connectivity index (χ1v) is 7.82. The molecule has 2 N–H and O–H groups in total. The third kappa shape index (κ3) is 4.59. The SMILES string of the molecule is OCCCn1cc(CNCC2CCSCC2)nn1. The predicted octanol–water partition coefficient (Wildman–Crippen LogP) is 0.893. The van der Waals surface area contributed by atoms with Gasteiger partial charge in [-0.15, -0.1) is 5.10 Å². The van der Waals surface area contributed by atoms with Crippen molar-refractivity contribution in [3.63, 3.8) is 0 Å². The van der Waals surface area contributed by atoms with E-state index in [0.717, 1.165) is 37.7 Å². The number of nitrogens with one attached hydrogen (secondary N) is 1. The smallest absolute Gasteiger partial charge is 0.0964 e. The summed E-state index contributed by atoms with van der Waals surface area (Å²) in [5, 5.41) is 20.4. The Morgan fingerprint density at radius 1 is 1.44 bits per heavy atom. The molecule has 1 aromatic heterocycles. The second kappa shape index (κ2) is 7.76. The molecule has 102 valence electrons. The lowest BCUT2D eigenvalue weighted by molar-refractivity contribution is 0.276. The molecule has 0 saturated carbocycles. The van der Waals surface area contributed by atoms with Crippen molar-refractivity contribution < 1.29 is 5.11 Å². The molecule has 1 aliphatic rings. The highest BCUT2D eigenvalue weighted by Gasteiger charge is 2.13. The van der Waals surface area contributed by atoms with Gasteiger partial charge in [0, 0.05) is 25.9 Å². The highest BCUT2D eigenvalue weighted by atomic mass is 32.2. The van der Waals surface area contributed by atoms with Crippen molar-refractivity contribution >= 4 is 11.8 Å². The van der Waals surface area contributed by atoms with E-state index in [2.05, 4.69) is 27.4 Å². The van der Waals surface area contributed by atoms with E-state index in [-0.39, 0.29) is 6.61 Å². The van der Waals surface area contributed by atoms with E-state index in [4.69, 9.17) is 5.11 Å². The fourth-order valence-electron chi connectivity index (χ4n) is 2.12. The Bertz CT molecular complexity index is 339. The maximum absolute atomic E-state index is 8.74. The second-order valence-electron chi connectivity index (χ2n) is 4.74. The van der Waals surface area contributed by atoms with Gasteiger partial charge < -0.3 is 10.4 Å². The van der Waals surface area contributed by atoms with Crippen LogP contribution in [0.2, 0.25) is 0 Å². The number of nitrogens with zero attached hydrogens (tertiary/aromatic N) is 3. The molecule has 0 aliphatic carbocycles. The van der Waals surface area contributed by atoms with Crippen LogP contribution in [0.4, 0.5) is 0 Å². The first-order valence-electron chi connectivity index (χ1n) is 6.67. The molecule has 0 amide bonds. The lowest BCUT2D eigenvalue weighted by Gasteiger charge is -2.21. The van der Waals surface area contributed by atoms with Crippen molar-refractivity contribution in [2.75, 3.05) is 24.7 Å². The quantitative estimate of drug-likeness (QED) is 0.770. The minimum Gasteiger partial charge on any atom is -0.396 e. The van der Waals surface area contributed by atoms with Gasteiger partial charge in [0.2, 0.25) is 0 Å². The van der Waals surface area contributed by atoms with E-state index in [9.17, 15) is 0 Å². The Balaban J connectivity index is 1.64. The molecule has 0 spiro atoms. The normalized spacial score (nSPS) is 17.2. The maximum atomic E-state index is 8.74. The topological polar surface area (TPSA) is 63.0 Å². The molecule has 6 heteroatoms. The summed E-state index contributed by atoms with van der Waals surface area (Å²) in [6, 6.07) is 0. The lowest BCUT2D eigenvalue weighted by Crippen LogP contribution is -2.25. The van der Waals surface area contributed by atoms with Gasteiger partial charge in [0.15, 0.2) is 0 Å².